The van der Waals surface area contributed by atoms with Gasteiger partial charge in [-0.1, -0.05) is 19.0 Å². The Labute approximate surface area is 96.2 Å². The highest BCUT2D eigenvalue weighted by Gasteiger charge is 2.30. The first-order chi connectivity index (χ1) is 7.75. The molecule has 3 heterocycles. The van der Waals surface area contributed by atoms with Gasteiger partial charge in [0.1, 0.15) is 5.76 Å². The molecule has 4 nitrogen and oxygen atoms in total. The van der Waals surface area contributed by atoms with Gasteiger partial charge in [-0.25, -0.2) is 10.0 Å². The zero-order valence-electron chi connectivity index (χ0n) is 10.1. The molecule has 2 aliphatic heterocycles. The van der Waals surface area contributed by atoms with Crippen LogP contribution in [0, 0.1) is 0 Å². The Balaban J connectivity index is 1.82. The van der Waals surface area contributed by atoms with Gasteiger partial charge in [-0.3, -0.25) is 0 Å². The summed E-state index contributed by atoms with van der Waals surface area (Å²) >= 11 is 0. The molecule has 0 amide bonds. The minimum absolute atomic E-state index is 0.438. The van der Waals surface area contributed by atoms with Crippen LogP contribution in [0.15, 0.2) is 4.52 Å². The maximum atomic E-state index is 5.46. The number of rotatable bonds is 2. The van der Waals surface area contributed by atoms with Crippen LogP contribution in [0.4, 0.5) is 0 Å². The second-order valence-electron chi connectivity index (χ2n) is 5.07. The molecular formula is C12H19N3O. The third-order valence-corrected chi connectivity index (χ3v) is 3.60. The number of hydrogen-bond donors (Lipinski definition) is 0. The molecule has 1 aromatic rings. The Morgan fingerprint density at radius 3 is 2.62 bits per heavy atom. The molecule has 2 aliphatic rings. The molecule has 3 rings (SSSR count). The van der Waals surface area contributed by atoms with E-state index in [0.29, 0.717) is 5.92 Å². The minimum Gasteiger partial charge on any atom is -0.361 e. The molecule has 0 atom stereocenters. The molecule has 0 spiro atoms. The van der Waals surface area contributed by atoms with Crippen LogP contribution >= 0.6 is 0 Å². The third-order valence-electron chi connectivity index (χ3n) is 3.60. The second-order valence-corrected chi connectivity index (χ2v) is 5.07. The van der Waals surface area contributed by atoms with Gasteiger partial charge in [0.15, 0.2) is 0 Å². The molecule has 1 aromatic heterocycles. The van der Waals surface area contributed by atoms with Gasteiger partial charge in [0.05, 0.1) is 5.69 Å². The number of fused-ring (bicyclic) bond motifs is 1. The molecule has 0 bridgehead atoms. The quantitative estimate of drug-likeness (QED) is 0.762. The lowest BCUT2D eigenvalue weighted by atomic mass is 10.0. The van der Waals surface area contributed by atoms with Crippen molar-refractivity contribution < 1.29 is 4.52 Å². The average Bonchev–Trinajstić information content (AvgIpc) is 2.57. The summed E-state index contributed by atoms with van der Waals surface area (Å²) in [5, 5.41) is 9.09. The highest BCUT2D eigenvalue weighted by atomic mass is 16.5. The zero-order chi connectivity index (χ0) is 11.1. The van der Waals surface area contributed by atoms with Gasteiger partial charge < -0.3 is 4.52 Å². The van der Waals surface area contributed by atoms with Crippen LogP contribution in [-0.2, 0) is 13.0 Å². The van der Waals surface area contributed by atoms with E-state index >= 15 is 0 Å². The Kier molecular flexibility index (Phi) is 2.48. The number of nitrogens with zero attached hydrogens (tertiary/aromatic N) is 3. The van der Waals surface area contributed by atoms with Crippen LogP contribution in [0.1, 0.15) is 43.2 Å². The highest BCUT2D eigenvalue weighted by molar-refractivity contribution is 5.27. The first kappa shape index (κ1) is 10.3. The standard InChI is InChI=1S/C12H19N3O/c1-9(2)12-10-8-15(14-5-3-6-14)7-4-11(10)13-16-12/h9H,3-8H2,1-2H3. The topological polar surface area (TPSA) is 32.5 Å². The van der Waals surface area contributed by atoms with Gasteiger partial charge in [-0.2, -0.15) is 0 Å². The van der Waals surface area contributed by atoms with Crippen LogP contribution in [0.3, 0.4) is 0 Å². The van der Waals surface area contributed by atoms with E-state index in [-0.39, 0.29) is 0 Å². The summed E-state index contributed by atoms with van der Waals surface area (Å²) in [5.74, 6) is 1.52. The Hall–Kier alpha value is -0.870. The Bertz CT molecular complexity index is 382. The third kappa shape index (κ3) is 1.57. The largest absolute Gasteiger partial charge is 0.361 e. The zero-order valence-corrected chi connectivity index (χ0v) is 10.1. The molecule has 0 N–H and O–H groups in total. The van der Waals surface area contributed by atoms with E-state index in [9.17, 15) is 0 Å². The summed E-state index contributed by atoms with van der Waals surface area (Å²) in [4.78, 5) is 0. The van der Waals surface area contributed by atoms with E-state index in [1.807, 2.05) is 0 Å². The van der Waals surface area contributed by atoms with E-state index in [4.69, 9.17) is 4.52 Å². The van der Waals surface area contributed by atoms with Crippen molar-refractivity contribution in [3.63, 3.8) is 0 Å². The van der Waals surface area contributed by atoms with Crippen molar-refractivity contribution >= 4 is 0 Å². The van der Waals surface area contributed by atoms with E-state index in [1.54, 1.807) is 0 Å². The summed E-state index contributed by atoms with van der Waals surface area (Å²) in [6.07, 6.45) is 2.37. The lowest BCUT2D eigenvalue weighted by Crippen LogP contribution is -2.52. The summed E-state index contributed by atoms with van der Waals surface area (Å²) < 4.78 is 5.46. The smallest absolute Gasteiger partial charge is 0.144 e. The van der Waals surface area contributed by atoms with Gasteiger partial charge in [0.25, 0.3) is 0 Å². The monoisotopic (exact) mass is 221 g/mol. The molecule has 4 heteroatoms. The van der Waals surface area contributed by atoms with Crippen molar-refractivity contribution in [1.29, 1.82) is 0 Å². The highest BCUT2D eigenvalue weighted by Crippen LogP contribution is 2.29. The summed E-state index contributed by atoms with van der Waals surface area (Å²) in [6.45, 7) is 8.87. The normalized spacial score (nSPS) is 22.2. The second kappa shape index (κ2) is 3.86. The minimum atomic E-state index is 0.438. The predicted molar refractivity (Wildman–Crippen MR) is 60.9 cm³/mol. The van der Waals surface area contributed by atoms with E-state index in [1.165, 1.54) is 30.8 Å². The number of aromatic nitrogens is 1. The van der Waals surface area contributed by atoms with Crippen LogP contribution in [0.25, 0.3) is 0 Å². The molecule has 0 radical (unpaired) electrons. The maximum absolute atomic E-state index is 5.46. The fourth-order valence-electron chi connectivity index (χ4n) is 2.50. The Morgan fingerprint density at radius 1 is 1.19 bits per heavy atom. The predicted octanol–water partition coefficient (Wildman–Crippen LogP) is 1.78. The van der Waals surface area contributed by atoms with Crippen LogP contribution in [-0.4, -0.2) is 34.8 Å². The molecule has 1 fully saturated rings. The van der Waals surface area contributed by atoms with Crippen molar-refractivity contribution in [3.8, 4) is 0 Å². The van der Waals surface area contributed by atoms with Gasteiger partial charge in [0, 0.05) is 44.1 Å². The van der Waals surface area contributed by atoms with Crippen LogP contribution in [0.5, 0.6) is 0 Å². The van der Waals surface area contributed by atoms with Gasteiger partial charge >= 0.3 is 0 Å². The van der Waals surface area contributed by atoms with Gasteiger partial charge in [-0.15, -0.1) is 0 Å². The number of hydrogen-bond acceptors (Lipinski definition) is 4. The van der Waals surface area contributed by atoms with Crippen LogP contribution in [0.2, 0.25) is 0 Å². The fraction of sp³-hybridized carbons (Fsp3) is 0.750. The average molecular weight is 221 g/mol. The molecule has 0 saturated carbocycles. The molecular weight excluding hydrogens is 202 g/mol. The summed E-state index contributed by atoms with van der Waals surface area (Å²) in [7, 11) is 0. The van der Waals surface area contributed by atoms with Crippen molar-refractivity contribution in [2.45, 2.75) is 39.2 Å². The molecule has 0 unspecified atom stereocenters. The SMILES string of the molecule is CC(C)c1onc2c1CN(N1CCC1)CC2. The van der Waals surface area contributed by atoms with Crippen molar-refractivity contribution in [2.24, 2.45) is 0 Å². The molecule has 16 heavy (non-hydrogen) atoms. The van der Waals surface area contributed by atoms with Gasteiger partial charge in [0.2, 0.25) is 0 Å². The first-order valence-electron chi connectivity index (χ1n) is 6.23. The summed E-state index contributed by atoms with van der Waals surface area (Å²) in [6, 6.07) is 0. The van der Waals surface area contributed by atoms with Crippen molar-refractivity contribution in [2.75, 3.05) is 19.6 Å². The lowest BCUT2D eigenvalue weighted by molar-refractivity contribution is -0.0828. The van der Waals surface area contributed by atoms with Crippen molar-refractivity contribution in [3.05, 3.63) is 17.0 Å². The maximum Gasteiger partial charge on any atom is 0.144 e. The van der Waals surface area contributed by atoms with Crippen LogP contribution < -0.4 is 0 Å². The fourth-order valence-corrected chi connectivity index (χ4v) is 2.50. The number of hydrazine groups is 1. The van der Waals surface area contributed by atoms with E-state index in [2.05, 4.69) is 29.0 Å². The lowest BCUT2D eigenvalue weighted by Gasteiger charge is -2.42. The van der Waals surface area contributed by atoms with E-state index < -0.39 is 0 Å². The molecule has 0 aromatic carbocycles. The van der Waals surface area contributed by atoms with E-state index in [0.717, 1.165) is 25.3 Å². The Morgan fingerprint density at radius 2 is 2.00 bits per heavy atom. The molecule has 1 saturated heterocycles. The molecule has 88 valence electrons. The first-order valence-corrected chi connectivity index (χ1v) is 6.23. The molecule has 0 aliphatic carbocycles. The van der Waals surface area contributed by atoms with Crippen molar-refractivity contribution in [1.82, 2.24) is 15.2 Å². The summed E-state index contributed by atoms with van der Waals surface area (Å²) in [5.41, 5.74) is 2.52. The van der Waals surface area contributed by atoms with Gasteiger partial charge in [-0.05, 0) is 6.42 Å².